The average molecular weight is 1600 g/mol. The third kappa shape index (κ3) is 29.7. The predicted molar refractivity (Wildman–Crippen MR) is 419 cm³/mol. The number of carboxylic acid groups (broad SMARTS) is 3. The van der Waals surface area contributed by atoms with Crippen molar-refractivity contribution >= 4 is 121 Å². The minimum absolute atomic E-state index is 0.117. The van der Waals surface area contributed by atoms with E-state index in [0.29, 0.717) is 42.5 Å². The van der Waals surface area contributed by atoms with E-state index in [0.717, 1.165) is 32.5 Å². The first-order valence-corrected chi connectivity index (χ1v) is 39.9. The van der Waals surface area contributed by atoms with Crippen molar-refractivity contribution in [3.05, 3.63) is 102 Å². The van der Waals surface area contributed by atoms with Gasteiger partial charge in [0.05, 0.1) is 12.5 Å². The van der Waals surface area contributed by atoms with Crippen LogP contribution < -0.4 is 75.3 Å². The summed E-state index contributed by atoms with van der Waals surface area (Å²) < 4.78 is 0. The van der Waals surface area contributed by atoms with Crippen molar-refractivity contribution in [2.45, 2.75) is 218 Å². The Labute approximate surface area is 657 Å². The number of benzene rings is 3. The van der Waals surface area contributed by atoms with Crippen molar-refractivity contribution in [3.63, 3.8) is 0 Å². The number of fused-ring (bicyclic) bond motifs is 1. The van der Waals surface area contributed by atoms with Crippen LogP contribution in [-0.4, -0.2) is 211 Å². The van der Waals surface area contributed by atoms with Crippen LogP contribution in [0.15, 0.2) is 85.1 Å². The van der Waals surface area contributed by atoms with Crippen molar-refractivity contribution in [1.29, 1.82) is 0 Å². The number of amides is 12. The highest BCUT2D eigenvalue weighted by molar-refractivity contribution is 8.76. The van der Waals surface area contributed by atoms with E-state index in [4.69, 9.17) is 11.5 Å². The third-order valence-electron chi connectivity index (χ3n) is 19.0. The molecule has 0 bridgehead atoms. The van der Waals surface area contributed by atoms with Gasteiger partial charge in [-0.15, -0.1) is 0 Å². The standard InChI is InChI=1S/C76H109N15O19S2/c1-10-41(7)62(74(107)86-56(76(109)110)34-46-36-79-50-23-16-15-21-48(46)50)91-75(108)63(42(8)11-2)90-70(103)55(35-60(95)96)84-67(100)52(31-39(3)4)82-64(97)43(9)80-71(104)57-37-111-112-38-58(87-66(99)51(28-29-59(93)94)81-65(98)49(78)22-17-18-30-77)72(105)89-61(40(5)6)73(106)85-54(33-45-24-26-47(92)27-25-45)68(101)83-53(69(102)88-57)32-44-19-13-12-14-20-44/h12-16,19-21,23-27,36,39-43,49,51-58,61-63,79,92H,10-11,17-18,22,28-35,37-38,77-78H2,1-9H3,(H,80,104)(H,81,98)(H,82,97)(H,83,101)(H,84,100)(H,85,106)(H,86,107)(H,87,99)(H,88,102)(H,89,105)(H,90,103)(H,91,108)(H,93,94)(H,95,96)(H,109,110)/t41-,42-,43-,49+,51-,52-,53-,54-,55-,56-,57-,58-,61-,62-,63-/m0/s1. The van der Waals surface area contributed by atoms with Gasteiger partial charge in [0, 0.05) is 54.3 Å². The molecule has 36 heteroatoms. The number of carbonyl (C=O) groups excluding carboxylic acids is 12. The first kappa shape index (κ1) is 92.3. The summed E-state index contributed by atoms with van der Waals surface area (Å²) in [4.78, 5) is 213. The molecule has 112 heavy (non-hydrogen) atoms. The average Bonchev–Trinajstić information content (AvgIpc) is 1.59. The number of carboxylic acids is 3. The van der Waals surface area contributed by atoms with Crippen LogP contribution in [0.3, 0.4) is 0 Å². The van der Waals surface area contributed by atoms with E-state index in [2.05, 4.69) is 68.8 Å². The maximum Gasteiger partial charge on any atom is 0.326 e. The second-order valence-corrected chi connectivity index (χ2v) is 31.3. The first-order chi connectivity index (χ1) is 53.0. The number of unbranched alkanes of at least 4 members (excludes halogenated alkanes) is 1. The molecule has 0 radical (unpaired) electrons. The van der Waals surface area contributed by atoms with Gasteiger partial charge in [0.2, 0.25) is 70.9 Å². The molecule has 614 valence electrons. The molecule has 12 amide bonds. The lowest BCUT2D eigenvalue weighted by Crippen LogP contribution is -2.62. The summed E-state index contributed by atoms with van der Waals surface area (Å²) in [7, 11) is 1.76. The summed E-state index contributed by atoms with van der Waals surface area (Å²) in [5.74, 6) is -18.9. The zero-order valence-electron chi connectivity index (χ0n) is 64.4. The topological polar surface area (TPSA) is 549 Å². The number of rotatable bonds is 39. The molecular formula is C76H109N15O19S2. The molecule has 2 heterocycles. The lowest BCUT2D eigenvalue weighted by atomic mass is 9.94. The van der Waals surface area contributed by atoms with Crippen LogP contribution in [-0.2, 0) is 91.2 Å². The summed E-state index contributed by atoms with van der Waals surface area (Å²) in [6.45, 7) is 14.8. The number of aliphatic carboxylic acids is 3. The molecule has 1 aliphatic rings. The minimum atomic E-state index is -1.90. The highest BCUT2D eigenvalue weighted by Gasteiger charge is 2.40. The molecule has 5 rings (SSSR count). The predicted octanol–water partition coefficient (Wildman–Crippen LogP) is 0.809. The zero-order valence-corrected chi connectivity index (χ0v) is 66.0. The van der Waals surface area contributed by atoms with Gasteiger partial charge in [0.1, 0.15) is 78.3 Å². The summed E-state index contributed by atoms with van der Waals surface area (Å²) in [5.41, 5.74) is 14.1. The van der Waals surface area contributed by atoms with Crippen LogP contribution in [0.2, 0.25) is 0 Å². The van der Waals surface area contributed by atoms with Gasteiger partial charge in [-0.2, -0.15) is 0 Å². The van der Waals surface area contributed by atoms with Gasteiger partial charge < -0.3 is 101 Å². The molecule has 0 saturated carbocycles. The van der Waals surface area contributed by atoms with Crippen molar-refractivity contribution in [3.8, 4) is 5.75 Å². The molecule has 0 unspecified atom stereocenters. The fourth-order valence-corrected chi connectivity index (χ4v) is 14.3. The molecule has 1 aliphatic heterocycles. The van der Waals surface area contributed by atoms with Gasteiger partial charge in [-0.3, -0.25) is 67.1 Å². The van der Waals surface area contributed by atoms with Crippen molar-refractivity contribution in [1.82, 2.24) is 68.8 Å². The first-order valence-electron chi connectivity index (χ1n) is 37.4. The molecule has 0 aliphatic carbocycles. The van der Waals surface area contributed by atoms with Crippen LogP contribution in [0.25, 0.3) is 10.9 Å². The monoisotopic (exact) mass is 1600 g/mol. The molecule has 1 fully saturated rings. The molecule has 3 aromatic carbocycles. The molecule has 15 atom stereocenters. The van der Waals surface area contributed by atoms with Gasteiger partial charge >= 0.3 is 17.9 Å². The van der Waals surface area contributed by atoms with E-state index in [1.807, 2.05) is 6.07 Å². The molecule has 0 spiro atoms. The number of hydrogen-bond donors (Lipinski definition) is 19. The molecular weight excluding hydrogens is 1490 g/mol. The lowest BCUT2D eigenvalue weighted by Gasteiger charge is -2.30. The fraction of sp³-hybridized carbons (Fsp3) is 0.539. The normalized spacial score (nSPS) is 19.2. The van der Waals surface area contributed by atoms with Crippen molar-refractivity contribution in [2.24, 2.45) is 35.1 Å². The zero-order chi connectivity index (χ0) is 83.1. The number of H-pyrrole nitrogens is 1. The number of para-hydroxylation sites is 1. The van der Waals surface area contributed by atoms with Crippen LogP contribution in [0, 0.1) is 23.7 Å². The van der Waals surface area contributed by atoms with E-state index in [-0.39, 0.29) is 61.7 Å². The number of nitrogens with two attached hydrogens (primary N) is 2. The summed E-state index contributed by atoms with van der Waals surface area (Å²) >= 11 is 0. The van der Waals surface area contributed by atoms with Crippen LogP contribution in [0.5, 0.6) is 5.75 Å². The van der Waals surface area contributed by atoms with Crippen LogP contribution in [0.1, 0.15) is 137 Å². The summed E-state index contributed by atoms with van der Waals surface area (Å²) in [6, 6.07) is 1.68. The Morgan fingerprint density at radius 1 is 0.545 bits per heavy atom. The lowest BCUT2D eigenvalue weighted by molar-refractivity contribution is -0.143. The third-order valence-corrected chi connectivity index (χ3v) is 21.4. The maximum atomic E-state index is 14.9. The van der Waals surface area contributed by atoms with Gasteiger partial charge in [-0.1, -0.05) is 157 Å². The Bertz CT molecular complexity index is 3910. The van der Waals surface area contributed by atoms with Gasteiger partial charge in [-0.25, -0.2) is 4.79 Å². The number of aromatic nitrogens is 1. The number of hydrogen-bond acceptors (Lipinski definition) is 20. The van der Waals surface area contributed by atoms with Crippen LogP contribution >= 0.6 is 21.6 Å². The Morgan fingerprint density at radius 3 is 1.68 bits per heavy atom. The highest BCUT2D eigenvalue weighted by Crippen LogP contribution is 2.26. The Balaban J connectivity index is 1.44. The molecule has 34 nitrogen and oxygen atoms in total. The SMILES string of the molecule is CC[C@H](C)[C@H](NC(=O)[C@H](CC(=O)O)NC(=O)[C@H](CC(C)C)NC(=O)[C@H](C)NC(=O)[C@@H]1CSSC[C@H](NC(=O)[C@H](CCC(=O)O)NC(=O)[C@H](N)CCCCN)C(=O)N[C@@H](C(C)C)C(=O)N[C@@H](Cc2ccc(O)cc2)C(=O)N[C@@H](Cc2ccccc2)C(=O)N1)C(=O)N[C@H](C(=O)N[C@@H](Cc1c[nH]c2ccccc12)C(=O)O)[C@@H](C)CC. The molecule has 1 saturated heterocycles. The van der Waals surface area contributed by atoms with E-state index in [9.17, 15) is 92.3 Å². The fourth-order valence-electron chi connectivity index (χ4n) is 12.0. The Kier molecular flexibility index (Phi) is 37.8. The van der Waals surface area contributed by atoms with Gasteiger partial charge in [0.15, 0.2) is 0 Å². The number of phenolic OH excluding ortho intramolecular Hbond substituents is 1. The van der Waals surface area contributed by atoms with E-state index in [1.165, 1.54) is 31.2 Å². The largest absolute Gasteiger partial charge is 0.508 e. The number of phenols is 1. The van der Waals surface area contributed by atoms with E-state index in [1.54, 1.807) is 110 Å². The summed E-state index contributed by atoms with van der Waals surface area (Å²) in [5, 5.41) is 72.1. The van der Waals surface area contributed by atoms with E-state index < -0.39 is 204 Å². The number of aromatic amines is 1. The quantitative estimate of drug-likeness (QED) is 0.0217. The van der Waals surface area contributed by atoms with Crippen molar-refractivity contribution < 1.29 is 92.3 Å². The second-order valence-electron chi connectivity index (χ2n) is 28.8. The number of carbonyl (C=O) groups is 15. The minimum Gasteiger partial charge on any atom is -0.508 e. The van der Waals surface area contributed by atoms with E-state index >= 15 is 0 Å². The summed E-state index contributed by atoms with van der Waals surface area (Å²) in [6.07, 6.45) is 0.562. The van der Waals surface area contributed by atoms with Gasteiger partial charge in [-0.05, 0) is 97.7 Å². The van der Waals surface area contributed by atoms with Crippen molar-refractivity contribution in [2.75, 3.05) is 18.1 Å². The molecule has 4 aromatic rings. The number of aromatic hydroxyl groups is 1. The van der Waals surface area contributed by atoms with Gasteiger partial charge in [0.25, 0.3) is 0 Å². The maximum absolute atomic E-state index is 14.9. The second kappa shape index (κ2) is 45.9. The Morgan fingerprint density at radius 2 is 1.09 bits per heavy atom. The van der Waals surface area contributed by atoms with Crippen LogP contribution in [0.4, 0.5) is 0 Å². The number of nitrogens with one attached hydrogen (secondary N) is 13. The molecule has 21 N–H and O–H groups in total. The highest BCUT2D eigenvalue weighted by atomic mass is 33.1. The smallest absolute Gasteiger partial charge is 0.326 e. The molecule has 1 aromatic heterocycles. The Hall–Kier alpha value is -10.3.